The Morgan fingerprint density at radius 3 is 2.53 bits per heavy atom. The van der Waals surface area contributed by atoms with E-state index in [0.717, 1.165) is 39.5 Å². The Labute approximate surface area is 205 Å². The van der Waals surface area contributed by atoms with E-state index in [1.165, 1.54) is 11.0 Å². The maximum atomic E-state index is 14.4. The molecule has 0 aliphatic carbocycles. The van der Waals surface area contributed by atoms with Gasteiger partial charge in [0.15, 0.2) is 0 Å². The summed E-state index contributed by atoms with van der Waals surface area (Å²) in [5, 5.41) is 1.18. The minimum Gasteiger partial charge on any atom is -0.340 e. The van der Waals surface area contributed by atoms with Crippen molar-refractivity contribution >= 4 is 51.5 Å². The summed E-state index contributed by atoms with van der Waals surface area (Å²) in [6.07, 6.45) is 1.78. The zero-order valence-corrected chi connectivity index (χ0v) is 19.9. The molecule has 4 aromatic rings. The van der Waals surface area contributed by atoms with E-state index in [2.05, 4.69) is 0 Å². The lowest BCUT2D eigenvalue weighted by Crippen LogP contribution is -2.27. The Hall–Kier alpha value is -3.35. The number of fused-ring (bicyclic) bond motifs is 1. The SMILES string of the molecule is Cc1c(/C=C2\SC(=O)N(Cc3cccc(Cl)c3)C2=O)c2ccccc2n1Cc1ccccc1F. The van der Waals surface area contributed by atoms with Gasteiger partial charge in [0.2, 0.25) is 0 Å². The predicted octanol–water partition coefficient (Wildman–Crippen LogP) is 7.03. The number of rotatable bonds is 5. The lowest BCUT2D eigenvalue weighted by Gasteiger charge is -2.12. The van der Waals surface area contributed by atoms with Crippen LogP contribution in [0.4, 0.5) is 9.18 Å². The van der Waals surface area contributed by atoms with Crippen molar-refractivity contribution in [3.63, 3.8) is 0 Å². The predicted molar refractivity (Wildman–Crippen MR) is 135 cm³/mol. The third-order valence-electron chi connectivity index (χ3n) is 5.94. The summed E-state index contributed by atoms with van der Waals surface area (Å²) < 4.78 is 16.4. The Bertz CT molecular complexity index is 1480. The molecule has 2 heterocycles. The number of nitrogens with zero attached hydrogens (tertiary/aromatic N) is 2. The number of hydrogen-bond donors (Lipinski definition) is 0. The molecule has 170 valence electrons. The van der Waals surface area contributed by atoms with Crippen molar-refractivity contribution in [1.29, 1.82) is 0 Å². The van der Waals surface area contributed by atoms with Crippen LogP contribution < -0.4 is 0 Å². The van der Waals surface area contributed by atoms with Crippen molar-refractivity contribution in [3.05, 3.63) is 111 Å². The fourth-order valence-corrected chi connectivity index (χ4v) is 5.26. The fraction of sp³-hybridized carbons (Fsp3) is 0.111. The van der Waals surface area contributed by atoms with Gasteiger partial charge in [-0.25, -0.2) is 4.39 Å². The first-order valence-electron chi connectivity index (χ1n) is 10.7. The van der Waals surface area contributed by atoms with E-state index < -0.39 is 0 Å². The molecular weight excluding hydrogens is 471 g/mol. The largest absolute Gasteiger partial charge is 0.340 e. The molecule has 1 fully saturated rings. The average molecular weight is 491 g/mol. The second kappa shape index (κ2) is 9.12. The number of benzene rings is 3. The Kier molecular flexibility index (Phi) is 6.02. The number of carbonyl (C=O) groups excluding carboxylic acids is 2. The van der Waals surface area contributed by atoms with Crippen molar-refractivity contribution < 1.29 is 14.0 Å². The summed E-state index contributed by atoms with van der Waals surface area (Å²) in [7, 11) is 0. The van der Waals surface area contributed by atoms with Crippen LogP contribution in [0.25, 0.3) is 17.0 Å². The first kappa shape index (κ1) is 22.4. The minimum absolute atomic E-state index is 0.163. The summed E-state index contributed by atoms with van der Waals surface area (Å²) in [4.78, 5) is 27.4. The van der Waals surface area contributed by atoms with E-state index >= 15 is 0 Å². The van der Waals surface area contributed by atoms with Gasteiger partial charge in [0.25, 0.3) is 11.1 Å². The maximum Gasteiger partial charge on any atom is 0.293 e. The topological polar surface area (TPSA) is 42.3 Å². The summed E-state index contributed by atoms with van der Waals surface area (Å²) in [6, 6.07) is 21.6. The quantitative estimate of drug-likeness (QED) is 0.282. The van der Waals surface area contributed by atoms with Crippen LogP contribution in [0.2, 0.25) is 5.02 Å². The molecule has 0 atom stereocenters. The van der Waals surface area contributed by atoms with E-state index in [1.807, 2.05) is 47.9 Å². The Balaban J connectivity index is 1.52. The van der Waals surface area contributed by atoms with Gasteiger partial charge in [0.1, 0.15) is 5.82 Å². The molecule has 0 spiro atoms. The molecule has 3 aromatic carbocycles. The lowest BCUT2D eigenvalue weighted by molar-refractivity contribution is -0.123. The van der Waals surface area contributed by atoms with Crippen molar-refractivity contribution in [2.75, 3.05) is 0 Å². The van der Waals surface area contributed by atoms with E-state index in [4.69, 9.17) is 11.6 Å². The second-order valence-corrected chi connectivity index (χ2v) is 9.52. The number of thioether (sulfide) groups is 1. The van der Waals surface area contributed by atoms with Gasteiger partial charge in [0, 0.05) is 32.7 Å². The number of halogens is 2. The molecule has 4 nitrogen and oxygen atoms in total. The molecule has 1 aromatic heterocycles. The number of aromatic nitrogens is 1. The van der Waals surface area contributed by atoms with E-state index in [9.17, 15) is 14.0 Å². The van der Waals surface area contributed by atoms with Crippen molar-refractivity contribution in [1.82, 2.24) is 9.47 Å². The molecule has 34 heavy (non-hydrogen) atoms. The highest BCUT2D eigenvalue weighted by Crippen LogP contribution is 2.36. The molecule has 0 radical (unpaired) electrons. The van der Waals surface area contributed by atoms with Crippen LogP contribution in [0, 0.1) is 12.7 Å². The van der Waals surface area contributed by atoms with Crippen LogP contribution in [0.15, 0.2) is 77.7 Å². The van der Waals surface area contributed by atoms with Crippen LogP contribution in [0.3, 0.4) is 0 Å². The highest BCUT2D eigenvalue weighted by atomic mass is 35.5. The number of carbonyl (C=O) groups is 2. The molecular formula is C27H20ClFN2O2S. The molecule has 0 saturated carbocycles. The third-order valence-corrected chi connectivity index (χ3v) is 7.09. The summed E-state index contributed by atoms with van der Waals surface area (Å²) in [5.74, 6) is -0.594. The van der Waals surface area contributed by atoms with Crippen LogP contribution >= 0.6 is 23.4 Å². The highest BCUT2D eigenvalue weighted by Gasteiger charge is 2.35. The normalized spacial score (nSPS) is 15.1. The van der Waals surface area contributed by atoms with Crippen molar-refractivity contribution in [3.8, 4) is 0 Å². The molecule has 1 aliphatic heterocycles. The summed E-state index contributed by atoms with van der Waals surface area (Å²) in [5.41, 5.74) is 4.05. The second-order valence-electron chi connectivity index (χ2n) is 8.09. The first-order chi connectivity index (χ1) is 16.4. The highest BCUT2D eigenvalue weighted by molar-refractivity contribution is 8.18. The van der Waals surface area contributed by atoms with Crippen LogP contribution in [-0.2, 0) is 17.9 Å². The fourth-order valence-electron chi connectivity index (χ4n) is 4.23. The van der Waals surface area contributed by atoms with Gasteiger partial charge in [0.05, 0.1) is 18.0 Å². The number of para-hydroxylation sites is 1. The average Bonchev–Trinajstić information content (AvgIpc) is 3.24. The third kappa shape index (κ3) is 4.15. The van der Waals surface area contributed by atoms with Gasteiger partial charge in [-0.1, -0.05) is 60.1 Å². The molecule has 5 rings (SSSR count). The van der Waals surface area contributed by atoms with Gasteiger partial charge in [-0.15, -0.1) is 0 Å². The molecule has 0 N–H and O–H groups in total. The Morgan fingerprint density at radius 2 is 1.74 bits per heavy atom. The minimum atomic E-state index is -0.333. The zero-order chi connectivity index (χ0) is 23.8. The number of amides is 2. The molecule has 0 bridgehead atoms. The Morgan fingerprint density at radius 1 is 0.971 bits per heavy atom. The van der Waals surface area contributed by atoms with E-state index in [1.54, 1.807) is 36.4 Å². The van der Waals surface area contributed by atoms with E-state index in [-0.39, 0.29) is 23.5 Å². The van der Waals surface area contributed by atoms with Gasteiger partial charge in [-0.05, 0) is 54.6 Å². The van der Waals surface area contributed by atoms with Crippen molar-refractivity contribution in [2.45, 2.75) is 20.0 Å². The standard InChI is InChI=1S/C27H20ClFN2O2S/c1-17-22(14-25-26(32)31(27(33)34-25)15-18-7-6-9-20(28)13-18)21-10-3-5-12-24(21)30(17)16-19-8-2-4-11-23(19)29/h2-14H,15-16H2,1H3/b25-14-. The monoisotopic (exact) mass is 490 g/mol. The van der Waals surface area contributed by atoms with Crippen molar-refractivity contribution in [2.24, 2.45) is 0 Å². The van der Waals surface area contributed by atoms with Gasteiger partial charge in [-0.3, -0.25) is 14.5 Å². The molecule has 2 amide bonds. The lowest BCUT2D eigenvalue weighted by atomic mass is 10.1. The van der Waals surface area contributed by atoms with Gasteiger partial charge < -0.3 is 4.57 Å². The summed E-state index contributed by atoms with van der Waals surface area (Å²) >= 11 is 6.98. The van der Waals surface area contributed by atoms with E-state index in [0.29, 0.717) is 22.0 Å². The zero-order valence-electron chi connectivity index (χ0n) is 18.3. The number of hydrogen-bond acceptors (Lipinski definition) is 3. The van der Waals surface area contributed by atoms with Crippen LogP contribution in [0.5, 0.6) is 0 Å². The maximum absolute atomic E-state index is 14.4. The van der Waals surface area contributed by atoms with Crippen LogP contribution in [-0.4, -0.2) is 20.6 Å². The number of imide groups is 1. The first-order valence-corrected chi connectivity index (χ1v) is 11.9. The molecule has 7 heteroatoms. The summed E-state index contributed by atoms with van der Waals surface area (Å²) in [6.45, 7) is 2.47. The molecule has 1 aliphatic rings. The van der Waals surface area contributed by atoms with Crippen LogP contribution in [0.1, 0.15) is 22.4 Å². The molecule has 1 saturated heterocycles. The smallest absolute Gasteiger partial charge is 0.293 e. The van der Waals surface area contributed by atoms with Gasteiger partial charge in [-0.2, -0.15) is 0 Å². The molecule has 0 unspecified atom stereocenters. The van der Waals surface area contributed by atoms with Gasteiger partial charge >= 0.3 is 0 Å².